The molecule has 0 aromatic heterocycles. The minimum atomic E-state index is 0.666. The Hall–Kier alpha value is -0.120. The molecule has 0 bridgehead atoms. The Labute approximate surface area is 55.0 Å². The first-order valence-electron chi connectivity index (χ1n) is 3.49. The standard InChI is InChI=1S/C6H12N2O/c1-2-8-5-9-4-6(8)3-7-1/h6-7H,1-5H2/t6-/m0/s1. The zero-order valence-electron chi connectivity index (χ0n) is 5.47. The van der Waals surface area contributed by atoms with E-state index in [1.165, 1.54) is 0 Å². The van der Waals surface area contributed by atoms with E-state index in [2.05, 4.69) is 10.2 Å². The van der Waals surface area contributed by atoms with E-state index in [1.54, 1.807) is 0 Å². The normalized spacial score (nSPS) is 36.7. The topological polar surface area (TPSA) is 24.5 Å². The molecule has 0 radical (unpaired) electrons. The lowest BCUT2D eigenvalue weighted by Gasteiger charge is -2.27. The van der Waals surface area contributed by atoms with E-state index in [9.17, 15) is 0 Å². The van der Waals surface area contributed by atoms with E-state index in [0.29, 0.717) is 6.04 Å². The Balaban J connectivity index is 1.97. The van der Waals surface area contributed by atoms with Crippen LogP contribution in [0.1, 0.15) is 0 Å². The van der Waals surface area contributed by atoms with Gasteiger partial charge in [-0.25, -0.2) is 0 Å². The predicted octanol–water partition coefficient (Wildman–Crippen LogP) is -0.752. The average molecular weight is 128 g/mol. The Morgan fingerprint density at radius 2 is 2.56 bits per heavy atom. The lowest BCUT2D eigenvalue weighted by molar-refractivity contribution is 0.133. The SMILES string of the molecule is C1CN2COC[C@@H]2CN1. The fourth-order valence-electron chi connectivity index (χ4n) is 1.44. The van der Waals surface area contributed by atoms with Gasteiger partial charge in [0.25, 0.3) is 0 Å². The molecule has 3 nitrogen and oxygen atoms in total. The quantitative estimate of drug-likeness (QED) is 0.464. The van der Waals surface area contributed by atoms with Crippen molar-refractivity contribution in [3.63, 3.8) is 0 Å². The van der Waals surface area contributed by atoms with E-state index >= 15 is 0 Å². The summed E-state index contributed by atoms with van der Waals surface area (Å²) in [7, 11) is 0. The molecule has 0 aliphatic carbocycles. The molecule has 3 heteroatoms. The largest absolute Gasteiger partial charge is 0.364 e. The summed E-state index contributed by atoms with van der Waals surface area (Å²) in [6.45, 7) is 5.17. The molecule has 0 unspecified atom stereocenters. The fraction of sp³-hybridized carbons (Fsp3) is 1.00. The summed E-state index contributed by atoms with van der Waals surface area (Å²) in [5.41, 5.74) is 0. The molecule has 0 aromatic carbocycles. The maximum Gasteiger partial charge on any atom is 0.0995 e. The first-order valence-corrected chi connectivity index (χ1v) is 3.49. The van der Waals surface area contributed by atoms with Gasteiger partial charge in [-0.05, 0) is 0 Å². The van der Waals surface area contributed by atoms with Gasteiger partial charge in [0.2, 0.25) is 0 Å². The zero-order chi connectivity index (χ0) is 6.10. The van der Waals surface area contributed by atoms with Crippen LogP contribution in [0.15, 0.2) is 0 Å². The van der Waals surface area contributed by atoms with Gasteiger partial charge in [0.05, 0.1) is 13.3 Å². The van der Waals surface area contributed by atoms with Crippen LogP contribution < -0.4 is 5.32 Å². The van der Waals surface area contributed by atoms with Crippen LogP contribution in [-0.4, -0.2) is 43.9 Å². The summed E-state index contributed by atoms with van der Waals surface area (Å²) >= 11 is 0. The highest BCUT2D eigenvalue weighted by Crippen LogP contribution is 2.09. The van der Waals surface area contributed by atoms with Gasteiger partial charge in [-0.1, -0.05) is 0 Å². The van der Waals surface area contributed by atoms with Crippen LogP contribution in [0.3, 0.4) is 0 Å². The third kappa shape index (κ3) is 0.956. The second-order valence-electron chi connectivity index (χ2n) is 2.67. The van der Waals surface area contributed by atoms with Crippen molar-refractivity contribution in [2.45, 2.75) is 6.04 Å². The molecule has 2 fully saturated rings. The van der Waals surface area contributed by atoms with E-state index in [-0.39, 0.29) is 0 Å². The number of piperazine rings is 1. The van der Waals surface area contributed by atoms with E-state index < -0.39 is 0 Å². The van der Waals surface area contributed by atoms with E-state index in [1.807, 2.05) is 0 Å². The number of ether oxygens (including phenoxy) is 1. The van der Waals surface area contributed by atoms with Crippen molar-refractivity contribution in [1.82, 2.24) is 10.2 Å². The van der Waals surface area contributed by atoms with Crippen LogP contribution in [-0.2, 0) is 4.74 Å². The van der Waals surface area contributed by atoms with Crippen LogP contribution >= 0.6 is 0 Å². The zero-order valence-corrected chi connectivity index (χ0v) is 5.47. The number of hydrogen-bond donors (Lipinski definition) is 1. The Kier molecular flexibility index (Phi) is 1.41. The maximum atomic E-state index is 5.28. The molecule has 2 saturated heterocycles. The van der Waals surface area contributed by atoms with Crippen molar-refractivity contribution in [2.75, 3.05) is 33.0 Å². The average Bonchev–Trinajstić information content (AvgIpc) is 2.33. The fourth-order valence-corrected chi connectivity index (χ4v) is 1.44. The number of rotatable bonds is 0. The van der Waals surface area contributed by atoms with Gasteiger partial charge >= 0.3 is 0 Å². The minimum Gasteiger partial charge on any atom is -0.364 e. The van der Waals surface area contributed by atoms with Crippen LogP contribution in [0, 0.1) is 0 Å². The monoisotopic (exact) mass is 128 g/mol. The third-order valence-corrected chi connectivity index (χ3v) is 2.04. The van der Waals surface area contributed by atoms with E-state index in [4.69, 9.17) is 4.74 Å². The molecule has 2 rings (SSSR count). The van der Waals surface area contributed by atoms with E-state index in [0.717, 1.165) is 33.0 Å². The molecule has 0 aromatic rings. The second kappa shape index (κ2) is 2.25. The van der Waals surface area contributed by atoms with Crippen LogP contribution in [0.4, 0.5) is 0 Å². The van der Waals surface area contributed by atoms with Gasteiger partial charge in [-0.2, -0.15) is 0 Å². The highest BCUT2D eigenvalue weighted by Gasteiger charge is 2.26. The molecule has 0 saturated carbocycles. The molecular weight excluding hydrogens is 116 g/mol. The second-order valence-corrected chi connectivity index (χ2v) is 2.67. The lowest BCUT2D eigenvalue weighted by atomic mass is 10.2. The highest BCUT2D eigenvalue weighted by molar-refractivity contribution is 4.80. The molecular formula is C6H12N2O. The smallest absolute Gasteiger partial charge is 0.0995 e. The predicted molar refractivity (Wildman–Crippen MR) is 34.2 cm³/mol. The van der Waals surface area contributed by atoms with Gasteiger partial charge in [-0.15, -0.1) is 0 Å². The summed E-state index contributed by atoms with van der Waals surface area (Å²) in [6.07, 6.45) is 0. The van der Waals surface area contributed by atoms with Crippen molar-refractivity contribution >= 4 is 0 Å². The molecule has 2 heterocycles. The van der Waals surface area contributed by atoms with Crippen molar-refractivity contribution in [3.05, 3.63) is 0 Å². The van der Waals surface area contributed by atoms with Gasteiger partial charge in [-0.3, -0.25) is 4.90 Å². The van der Waals surface area contributed by atoms with Gasteiger partial charge < -0.3 is 10.1 Å². The summed E-state index contributed by atoms with van der Waals surface area (Å²) in [4.78, 5) is 2.39. The Bertz CT molecular complexity index is 95.2. The van der Waals surface area contributed by atoms with Crippen molar-refractivity contribution < 1.29 is 4.74 Å². The number of hydrogen-bond acceptors (Lipinski definition) is 3. The molecule has 1 atom stereocenters. The molecule has 52 valence electrons. The third-order valence-electron chi connectivity index (χ3n) is 2.04. The lowest BCUT2D eigenvalue weighted by Crippen LogP contribution is -2.48. The number of nitrogens with zero attached hydrogens (tertiary/aromatic N) is 1. The van der Waals surface area contributed by atoms with Crippen molar-refractivity contribution in [1.29, 1.82) is 0 Å². The maximum absolute atomic E-state index is 5.28. The molecule has 2 aliphatic heterocycles. The molecule has 0 amide bonds. The van der Waals surface area contributed by atoms with Gasteiger partial charge in [0, 0.05) is 25.7 Å². The molecule has 2 aliphatic rings. The summed E-state index contributed by atoms with van der Waals surface area (Å²) in [6, 6.07) is 0.666. The van der Waals surface area contributed by atoms with Crippen LogP contribution in [0.2, 0.25) is 0 Å². The first-order chi connectivity index (χ1) is 4.47. The molecule has 0 spiro atoms. The van der Waals surface area contributed by atoms with Crippen LogP contribution in [0.25, 0.3) is 0 Å². The first kappa shape index (κ1) is 5.65. The van der Waals surface area contributed by atoms with Crippen molar-refractivity contribution in [3.8, 4) is 0 Å². The Morgan fingerprint density at radius 3 is 3.44 bits per heavy atom. The summed E-state index contributed by atoms with van der Waals surface area (Å²) in [5, 5.41) is 3.33. The van der Waals surface area contributed by atoms with Crippen molar-refractivity contribution in [2.24, 2.45) is 0 Å². The van der Waals surface area contributed by atoms with Gasteiger partial charge in [0.1, 0.15) is 0 Å². The van der Waals surface area contributed by atoms with Crippen LogP contribution in [0.5, 0.6) is 0 Å². The van der Waals surface area contributed by atoms with Gasteiger partial charge in [0.15, 0.2) is 0 Å². The summed E-state index contributed by atoms with van der Waals surface area (Å²) < 4.78 is 5.28. The summed E-state index contributed by atoms with van der Waals surface area (Å²) in [5.74, 6) is 0. The number of fused-ring (bicyclic) bond motifs is 1. The molecule has 9 heavy (non-hydrogen) atoms. The Morgan fingerprint density at radius 1 is 1.56 bits per heavy atom. The minimum absolute atomic E-state index is 0.666. The molecule has 1 N–H and O–H groups in total. The number of nitrogens with one attached hydrogen (secondary N) is 1. The highest BCUT2D eigenvalue weighted by atomic mass is 16.5.